The number of esters is 1. The van der Waals surface area contributed by atoms with Crippen molar-refractivity contribution in [2.24, 2.45) is 0 Å². The Morgan fingerprint density at radius 1 is 1.33 bits per heavy atom. The highest BCUT2D eigenvalue weighted by atomic mass is 19.4. The van der Waals surface area contributed by atoms with Gasteiger partial charge in [-0.2, -0.15) is 0 Å². The van der Waals surface area contributed by atoms with E-state index < -0.39 is 18.4 Å². The summed E-state index contributed by atoms with van der Waals surface area (Å²) in [5.41, 5.74) is 0.674. The summed E-state index contributed by atoms with van der Waals surface area (Å²) >= 11 is 0. The van der Waals surface area contributed by atoms with Gasteiger partial charge in [-0.25, -0.2) is 4.79 Å². The summed E-state index contributed by atoms with van der Waals surface area (Å²) in [6.07, 6.45) is -6.69. The first-order chi connectivity index (χ1) is 8.35. The maximum absolute atomic E-state index is 12.3. The van der Waals surface area contributed by atoms with Gasteiger partial charge in [-0.05, 0) is 25.0 Å². The van der Waals surface area contributed by atoms with Gasteiger partial charge in [0.15, 0.2) is 6.10 Å². The molecular formula is C12H13F3O3. The first-order valence-corrected chi connectivity index (χ1v) is 5.32. The number of aryl methyl sites for hydroxylation is 1. The maximum Gasteiger partial charge on any atom is 0.523 e. The summed E-state index contributed by atoms with van der Waals surface area (Å²) in [7, 11) is 0. The quantitative estimate of drug-likeness (QED) is 0.782. The molecule has 1 aromatic rings. The summed E-state index contributed by atoms with van der Waals surface area (Å²) in [5, 5.41) is 0. The second-order valence-electron chi connectivity index (χ2n) is 3.55. The molecule has 0 spiro atoms. The fraction of sp³-hybridized carbons (Fsp3) is 0.417. The third-order valence-corrected chi connectivity index (χ3v) is 2.22. The van der Waals surface area contributed by atoms with Crippen molar-refractivity contribution in [1.82, 2.24) is 0 Å². The Morgan fingerprint density at radius 2 is 1.94 bits per heavy atom. The Labute approximate surface area is 103 Å². The van der Waals surface area contributed by atoms with Crippen molar-refractivity contribution in [3.8, 4) is 0 Å². The smallest absolute Gasteiger partial charge is 0.464 e. The SMILES string of the molecule is CCOC(=O)C(OC(F)(F)F)c1ccccc1C. The summed E-state index contributed by atoms with van der Waals surface area (Å²) < 4.78 is 45.3. The first-order valence-electron chi connectivity index (χ1n) is 5.32. The van der Waals surface area contributed by atoms with Crippen molar-refractivity contribution < 1.29 is 27.4 Å². The van der Waals surface area contributed by atoms with Crippen LogP contribution in [0.1, 0.15) is 24.2 Å². The van der Waals surface area contributed by atoms with Crippen LogP contribution >= 0.6 is 0 Å². The van der Waals surface area contributed by atoms with E-state index in [0.717, 1.165) is 0 Å². The first kappa shape index (κ1) is 14.5. The number of carbonyl (C=O) groups excluding carboxylic acids is 1. The van der Waals surface area contributed by atoms with E-state index in [-0.39, 0.29) is 12.2 Å². The number of benzene rings is 1. The standard InChI is InChI=1S/C12H13F3O3/c1-3-17-11(16)10(18-12(13,14)15)9-7-5-4-6-8(9)2/h4-7,10H,3H2,1-2H3. The molecule has 3 nitrogen and oxygen atoms in total. The van der Waals surface area contributed by atoms with Crippen LogP contribution in [-0.2, 0) is 14.3 Å². The monoisotopic (exact) mass is 262 g/mol. The number of hydrogen-bond donors (Lipinski definition) is 0. The van der Waals surface area contributed by atoms with Gasteiger partial charge < -0.3 is 4.74 Å². The predicted molar refractivity (Wildman–Crippen MR) is 57.7 cm³/mol. The minimum Gasteiger partial charge on any atom is -0.464 e. The Hall–Kier alpha value is -1.56. The third-order valence-electron chi connectivity index (χ3n) is 2.22. The molecular weight excluding hydrogens is 249 g/mol. The molecule has 1 aromatic carbocycles. The van der Waals surface area contributed by atoms with Crippen molar-refractivity contribution in [2.75, 3.05) is 6.61 Å². The van der Waals surface area contributed by atoms with E-state index in [2.05, 4.69) is 9.47 Å². The molecule has 0 aliphatic rings. The average molecular weight is 262 g/mol. The van der Waals surface area contributed by atoms with Crippen LogP contribution < -0.4 is 0 Å². The van der Waals surface area contributed by atoms with Crippen LogP contribution in [0.3, 0.4) is 0 Å². The number of hydrogen-bond acceptors (Lipinski definition) is 3. The highest BCUT2D eigenvalue weighted by Crippen LogP contribution is 2.30. The zero-order valence-corrected chi connectivity index (χ0v) is 9.95. The molecule has 0 heterocycles. The van der Waals surface area contributed by atoms with Crippen molar-refractivity contribution in [3.05, 3.63) is 35.4 Å². The van der Waals surface area contributed by atoms with Crippen molar-refractivity contribution in [3.63, 3.8) is 0 Å². The zero-order chi connectivity index (χ0) is 13.8. The summed E-state index contributed by atoms with van der Waals surface area (Å²) in [4.78, 5) is 11.5. The molecule has 0 amide bonds. The van der Waals surface area contributed by atoms with Crippen LogP contribution in [0.2, 0.25) is 0 Å². The Morgan fingerprint density at radius 3 is 2.44 bits per heavy atom. The second-order valence-corrected chi connectivity index (χ2v) is 3.55. The second kappa shape index (κ2) is 5.86. The number of rotatable bonds is 4. The Balaban J connectivity index is 3.05. The van der Waals surface area contributed by atoms with Gasteiger partial charge in [-0.3, -0.25) is 4.74 Å². The highest BCUT2D eigenvalue weighted by Gasteiger charge is 2.38. The minimum absolute atomic E-state index is 0.0115. The largest absolute Gasteiger partial charge is 0.523 e. The van der Waals surface area contributed by atoms with Crippen molar-refractivity contribution >= 4 is 5.97 Å². The Kier molecular flexibility index (Phi) is 4.72. The molecule has 0 fully saturated rings. The molecule has 0 bridgehead atoms. The van der Waals surface area contributed by atoms with Gasteiger partial charge in [0.1, 0.15) is 0 Å². The summed E-state index contributed by atoms with van der Waals surface area (Å²) in [6.45, 7) is 3.10. The lowest BCUT2D eigenvalue weighted by molar-refractivity contribution is -0.342. The van der Waals surface area contributed by atoms with Gasteiger partial charge in [-0.1, -0.05) is 24.3 Å². The van der Waals surface area contributed by atoms with E-state index >= 15 is 0 Å². The topological polar surface area (TPSA) is 35.5 Å². The van der Waals surface area contributed by atoms with Crippen LogP contribution in [0.15, 0.2) is 24.3 Å². The van der Waals surface area contributed by atoms with E-state index in [9.17, 15) is 18.0 Å². The number of carbonyl (C=O) groups is 1. The van der Waals surface area contributed by atoms with Crippen LogP contribution in [0.5, 0.6) is 0 Å². The minimum atomic E-state index is -4.90. The molecule has 1 rings (SSSR count). The highest BCUT2D eigenvalue weighted by molar-refractivity contribution is 5.77. The molecule has 18 heavy (non-hydrogen) atoms. The molecule has 6 heteroatoms. The van der Waals surface area contributed by atoms with Crippen LogP contribution in [0.25, 0.3) is 0 Å². The predicted octanol–water partition coefficient (Wildman–Crippen LogP) is 3.14. The molecule has 1 unspecified atom stereocenters. The van der Waals surface area contributed by atoms with Gasteiger partial charge in [0, 0.05) is 0 Å². The lowest BCUT2D eigenvalue weighted by Gasteiger charge is -2.19. The number of alkyl halides is 3. The van der Waals surface area contributed by atoms with Gasteiger partial charge in [0.2, 0.25) is 0 Å². The molecule has 0 aliphatic heterocycles. The zero-order valence-electron chi connectivity index (χ0n) is 9.95. The molecule has 0 radical (unpaired) electrons. The summed E-state index contributed by atoms with van der Waals surface area (Å²) in [6, 6.07) is 6.20. The molecule has 0 N–H and O–H groups in total. The van der Waals surface area contributed by atoms with E-state index in [0.29, 0.717) is 5.56 Å². The van der Waals surface area contributed by atoms with E-state index in [1.165, 1.54) is 19.1 Å². The lowest BCUT2D eigenvalue weighted by Crippen LogP contribution is -2.26. The van der Waals surface area contributed by atoms with Crippen LogP contribution in [0.4, 0.5) is 13.2 Å². The fourth-order valence-electron chi connectivity index (χ4n) is 1.47. The number of ether oxygens (including phenoxy) is 2. The van der Waals surface area contributed by atoms with Gasteiger partial charge in [0.05, 0.1) is 6.61 Å². The summed E-state index contributed by atoms with van der Waals surface area (Å²) in [5.74, 6) is -1.05. The van der Waals surface area contributed by atoms with Crippen LogP contribution in [-0.4, -0.2) is 18.9 Å². The molecule has 0 saturated carbocycles. The van der Waals surface area contributed by atoms with Crippen molar-refractivity contribution in [1.29, 1.82) is 0 Å². The van der Waals surface area contributed by atoms with Crippen LogP contribution in [0, 0.1) is 6.92 Å². The van der Waals surface area contributed by atoms with E-state index in [1.807, 2.05) is 0 Å². The molecule has 100 valence electrons. The third kappa shape index (κ3) is 4.03. The molecule has 0 aromatic heterocycles. The van der Waals surface area contributed by atoms with E-state index in [1.54, 1.807) is 19.1 Å². The number of halogens is 3. The van der Waals surface area contributed by atoms with Crippen molar-refractivity contribution in [2.45, 2.75) is 26.3 Å². The van der Waals surface area contributed by atoms with Gasteiger partial charge >= 0.3 is 12.3 Å². The normalized spacial score (nSPS) is 13.2. The average Bonchev–Trinajstić information content (AvgIpc) is 2.26. The molecule has 0 saturated heterocycles. The van der Waals surface area contributed by atoms with Gasteiger partial charge in [0.25, 0.3) is 0 Å². The fourth-order valence-corrected chi connectivity index (χ4v) is 1.47. The lowest BCUT2D eigenvalue weighted by atomic mass is 10.0. The molecule has 1 atom stereocenters. The van der Waals surface area contributed by atoms with Gasteiger partial charge in [-0.15, -0.1) is 13.2 Å². The molecule has 0 aliphatic carbocycles. The van der Waals surface area contributed by atoms with E-state index in [4.69, 9.17) is 0 Å². The Bertz CT molecular complexity index is 415. The maximum atomic E-state index is 12.3.